The van der Waals surface area contributed by atoms with Gasteiger partial charge in [-0.05, 0) is 117 Å². The van der Waals surface area contributed by atoms with Gasteiger partial charge < -0.3 is 18.9 Å². The van der Waals surface area contributed by atoms with Crippen LogP contribution in [-0.4, -0.2) is 44.6 Å². The second-order valence-corrected chi connectivity index (χ2v) is 16.2. The first-order chi connectivity index (χ1) is 24.8. The fraction of sp³-hybridized carbons (Fsp3) is 0.556. The van der Waals surface area contributed by atoms with Crippen molar-refractivity contribution in [3.05, 3.63) is 75.6 Å². The van der Waals surface area contributed by atoms with Crippen LogP contribution in [0.15, 0.2) is 70.1 Å². The molecule has 2 bridgehead atoms. The number of Topliss-reactive ketones (excluding diaryl/α,β-unsaturated/α-hetero) is 3. The number of hydrogen-bond donors (Lipinski definition) is 0. The highest BCUT2D eigenvalue weighted by Gasteiger charge is 2.76. The fourth-order valence-electron chi connectivity index (χ4n) is 8.24. The van der Waals surface area contributed by atoms with E-state index in [9.17, 15) is 4.79 Å². The number of allylic oxidation sites excluding steroid dienone is 10. The summed E-state index contributed by atoms with van der Waals surface area (Å²) < 4.78 is 23.2. The van der Waals surface area contributed by atoms with Crippen LogP contribution in [-0.2, 0) is 19.1 Å². The van der Waals surface area contributed by atoms with E-state index in [0.717, 1.165) is 22.3 Å². The number of ketones is 3. The predicted molar refractivity (Wildman–Crippen MR) is 210 cm³/mol. The van der Waals surface area contributed by atoms with Crippen molar-refractivity contribution >= 4 is 23.3 Å². The Kier molecular flexibility index (Phi) is 14.1. The van der Waals surface area contributed by atoms with Gasteiger partial charge in [-0.2, -0.15) is 0 Å². The van der Waals surface area contributed by atoms with Crippen molar-refractivity contribution in [1.29, 1.82) is 0 Å². The van der Waals surface area contributed by atoms with Gasteiger partial charge in [0.05, 0.1) is 26.7 Å². The summed E-state index contributed by atoms with van der Waals surface area (Å²) in [5, 5.41) is 0. The minimum absolute atomic E-state index is 0.00391. The van der Waals surface area contributed by atoms with E-state index >= 15 is 14.4 Å². The van der Waals surface area contributed by atoms with E-state index in [4.69, 9.17) is 18.9 Å². The zero-order valence-electron chi connectivity index (χ0n) is 34.6. The van der Waals surface area contributed by atoms with Crippen LogP contribution < -0.4 is 14.2 Å². The molecule has 2 aliphatic carbocycles. The average molecular weight is 731 g/mol. The summed E-state index contributed by atoms with van der Waals surface area (Å²) in [4.78, 5) is 61.4. The number of carbonyl (C=O) groups is 4. The largest absolute Gasteiger partial charge is 0.493 e. The summed E-state index contributed by atoms with van der Waals surface area (Å²) in [5.41, 5.74) is -0.237. The molecule has 1 aromatic carbocycles. The van der Waals surface area contributed by atoms with Crippen molar-refractivity contribution in [3.8, 4) is 17.2 Å². The molecule has 3 rings (SSSR count). The Balaban J connectivity index is 2.65. The van der Waals surface area contributed by atoms with Crippen molar-refractivity contribution < 1.29 is 38.1 Å². The first kappa shape index (κ1) is 43.2. The van der Waals surface area contributed by atoms with E-state index in [-0.39, 0.29) is 65.1 Å². The Morgan fingerprint density at radius 2 is 1.40 bits per heavy atom. The highest BCUT2D eigenvalue weighted by Crippen LogP contribution is 2.68. The zero-order valence-corrected chi connectivity index (χ0v) is 34.6. The Morgan fingerprint density at radius 3 is 1.91 bits per heavy atom. The van der Waals surface area contributed by atoms with Crippen LogP contribution in [0, 0.1) is 28.1 Å². The molecule has 0 spiro atoms. The lowest BCUT2D eigenvalue weighted by Crippen LogP contribution is -2.70. The minimum Gasteiger partial charge on any atom is -0.493 e. The van der Waals surface area contributed by atoms with Crippen LogP contribution in [0.3, 0.4) is 0 Å². The van der Waals surface area contributed by atoms with Gasteiger partial charge in [0.1, 0.15) is 11.3 Å². The van der Waals surface area contributed by atoms with Crippen molar-refractivity contribution in [1.82, 2.24) is 0 Å². The Labute approximate surface area is 317 Å². The van der Waals surface area contributed by atoms with Crippen LogP contribution in [0.1, 0.15) is 125 Å². The Bertz CT molecular complexity index is 1750. The van der Waals surface area contributed by atoms with Gasteiger partial charge in [-0.1, -0.05) is 67.4 Å². The fourth-order valence-corrected chi connectivity index (χ4v) is 8.24. The number of rotatable bonds is 16. The third-order valence-electron chi connectivity index (χ3n) is 11.1. The molecule has 8 nitrogen and oxygen atoms in total. The van der Waals surface area contributed by atoms with Gasteiger partial charge in [0.2, 0.25) is 5.75 Å². The second kappa shape index (κ2) is 17.3. The van der Waals surface area contributed by atoms with E-state index in [1.807, 2.05) is 74.5 Å². The van der Waals surface area contributed by atoms with Gasteiger partial charge in [0.25, 0.3) is 0 Å². The number of hydrogen-bond acceptors (Lipinski definition) is 8. The van der Waals surface area contributed by atoms with E-state index in [0.29, 0.717) is 25.0 Å². The molecule has 53 heavy (non-hydrogen) atoms. The van der Waals surface area contributed by atoms with Crippen LogP contribution in [0.2, 0.25) is 0 Å². The number of esters is 1. The second-order valence-electron chi connectivity index (χ2n) is 16.2. The summed E-state index contributed by atoms with van der Waals surface area (Å²) in [5.74, 6) is -2.57. The van der Waals surface area contributed by atoms with Gasteiger partial charge >= 0.3 is 5.97 Å². The smallest absolute Gasteiger partial charge is 0.347 e. The molecule has 0 aliphatic heterocycles. The van der Waals surface area contributed by atoms with Crippen molar-refractivity contribution in [3.63, 3.8) is 0 Å². The molecule has 290 valence electrons. The molecule has 4 atom stereocenters. The molecule has 0 heterocycles. The van der Waals surface area contributed by atoms with E-state index < -0.39 is 33.9 Å². The zero-order chi connectivity index (χ0) is 40.1. The Hall–Kier alpha value is -4.20. The molecular weight excluding hydrogens is 668 g/mol. The first-order valence-corrected chi connectivity index (χ1v) is 18.7. The van der Waals surface area contributed by atoms with Gasteiger partial charge in [0.15, 0.2) is 34.3 Å². The topological polar surface area (TPSA) is 105 Å². The molecule has 0 saturated heterocycles. The lowest BCUT2D eigenvalue weighted by Gasteiger charge is -2.61. The summed E-state index contributed by atoms with van der Waals surface area (Å²) in [6, 6.07) is 3.06. The van der Waals surface area contributed by atoms with Crippen molar-refractivity contribution in [2.75, 3.05) is 21.3 Å². The Morgan fingerprint density at radius 1 is 0.811 bits per heavy atom. The number of carbonyl (C=O) groups excluding carboxylic acids is 4. The first-order valence-electron chi connectivity index (χ1n) is 18.7. The van der Waals surface area contributed by atoms with Crippen LogP contribution in [0.25, 0.3) is 0 Å². The maximum Gasteiger partial charge on any atom is 0.347 e. The molecule has 0 N–H and O–H groups in total. The summed E-state index contributed by atoms with van der Waals surface area (Å²) in [6.07, 6.45) is 10.2. The van der Waals surface area contributed by atoms with Gasteiger partial charge in [-0.15, -0.1) is 0 Å². The third kappa shape index (κ3) is 8.02. The molecule has 1 aromatic rings. The maximum absolute atomic E-state index is 15.9. The average Bonchev–Trinajstić information content (AvgIpc) is 3.08. The number of benzene rings is 1. The molecule has 8 heteroatoms. The van der Waals surface area contributed by atoms with Crippen molar-refractivity contribution in [2.24, 2.45) is 28.1 Å². The highest BCUT2D eigenvalue weighted by atomic mass is 16.5. The van der Waals surface area contributed by atoms with Crippen molar-refractivity contribution in [2.45, 2.75) is 115 Å². The van der Waals surface area contributed by atoms with Gasteiger partial charge in [-0.25, -0.2) is 4.79 Å². The van der Waals surface area contributed by atoms with E-state index in [1.165, 1.54) is 27.4 Å². The van der Waals surface area contributed by atoms with Gasteiger partial charge in [-0.3, -0.25) is 14.4 Å². The normalized spacial score (nSPS) is 23.6. The quantitative estimate of drug-likeness (QED) is 0.0940. The molecule has 0 amide bonds. The lowest BCUT2D eigenvalue weighted by atomic mass is 9.38. The summed E-state index contributed by atoms with van der Waals surface area (Å²) in [6.45, 7) is 21.4. The third-order valence-corrected chi connectivity index (χ3v) is 11.1. The van der Waals surface area contributed by atoms with Crippen LogP contribution in [0.5, 0.6) is 17.2 Å². The standard InChI is InChI=1S/C45H62O8/c1-27(2)16-15-24-43(11)32(19-17-28(3)4)26-44(25-23-30(7)8)39(47)34(20-18-29(5)6)40(45(43,42(44)49)38(46)31(9)10)53-41(48)33-21-22-35(50-12)37(52-14)36(33)51-13/h16-18,21-23,31-32H,15,19-20,24-26H2,1-14H3. The molecule has 1 saturated carbocycles. The van der Waals surface area contributed by atoms with E-state index in [1.54, 1.807) is 19.9 Å². The number of ether oxygens (including phenoxy) is 4. The lowest BCUT2D eigenvalue weighted by molar-refractivity contribution is -0.178. The van der Waals surface area contributed by atoms with Crippen LogP contribution in [0.4, 0.5) is 0 Å². The molecule has 0 radical (unpaired) electrons. The number of methoxy groups -OCH3 is 3. The minimum atomic E-state index is -1.96. The van der Waals surface area contributed by atoms with E-state index in [2.05, 4.69) is 12.2 Å². The summed E-state index contributed by atoms with van der Waals surface area (Å²) >= 11 is 0. The molecule has 4 unspecified atom stereocenters. The summed E-state index contributed by atoms with van der Waals surface area (Å²) in [7, 11) is 4.31. The molecule has 2 aliphatic rings. The molecular formula is C45H62O8. The monoisotopic (exact) mass is 730 g/mol. The number of fused-ring (bicyclic) bond motifs is 2. The maximum atomic E-state index is 15.9. The van der Waals surface area contributed by atoms with Crippen LogP contribution >= 0.6 is 0 Å². The molecule has 1 fully saturated rings. The highest BCUT2D eigenvalue weighted by molar-refractivity contribution is 6.28. The molecule has 0 aromatic heterocycles. The SMILES string of the molecule is COc1ccc(C(=O)OC2=C(CC=C(C)C)C(=O)C3(CC=C(C)C)CC(CC=C(C)C)C(C)(CCC=C(C)C)C2(C(=O)C(C)C)C3=O)c(OC)c1OC. The van der Waals surface area contributed by atoms with Gasteiger partial charge in [0, 0.05) is 11.5 Å². The predicted octanol–water partition coefficient (Wildman–Crippen LogP) is 10.3.